The van der Waals surface area contributed by atoms with Crippen molar-refractivity contribution in [1.82, 2.24) is 20.2 Å². The molecule has 1 fully saturated rings. The molecule has 156 valence electrons. The van der Waals surface area contributed by atoms with Crippen LogP contribution in [0, 0.1) is 17.6 Å². The van der Waals surface area contributed by atoms with Crippen molar-refractivity contribution in [3.05, 3.63) is 82.1 Å². The van der Waals surface area contributed by atoms with Crippen LogP contribution in [0.2, 0.25) is 0 Å². The van der Waals surface area contributed by atoms with Crippen LogP contribution in [-0.4, -0.2) is 33.9 Å². The predicted molar refractivity (Wildman–Crippen MR) is 111 cm³/mol. The fourth-order valence-electron chi connectivity index (χ4n) is 3.90. The van der Waals surface area contributed by atoms with Crippen LogP contribution >= 0.6 is 11.3 Å². The summed E-state index contributed by atoms with van der Waals surface area (Å²) in [5.41, 5.74) is 0.701. The van der Waals surface area contributed by atoms with Crippen molar-refractivity contribution in [2.75, 3.05) is 13.1 Å². The molecule has 4 rings (SSSR count). The Balaban J connectivity index is 1.50. The second kappa shape index (κ2) is 9.40. The van der Waals surface area contributed by atoms with Gasteiger partial charge in [0.1, 0.15) is 10.7 Å². The molecule has 1 aliphatic heterocycles. The van der Waals surface area contributed by atoms with Crippen LogP contribution in [0.25, 0.3) is 0 Å². The van der Waals surface area contributed by atoms with Crippen molar-refractivity contribution in [2.45, 2.75) is 25.4 Å². The van der Waals surface area contributed by atoms with E-state index in [1.165, 1.54) is 17.4 Å². The maximum absolute atomic E-state index is 14.1. The number of thiazole rings is 1. The van der Waals surface area contributed by atoms with E-state index in [9.17, 15) is 13.6 Å². The van der Waals surface area contributed by atoms with Gasteiger partial charge in [-0.25, -0.2) is 13.8 Å². The summed E-state index contributed by atoms with van der Waals surface area (Å²) in [4.78, 5) is 23.4. The van der Waals surface area contributed by atoms with E-state index in [4.69, 9.17) is 0 Å². The maximum Gasteiger partial charge on any atom is 0.270 e. The number of halogens is 2. The Morgan fingerprint density at radius 2 is 2.10 bits per heavy atom. The molecule has 5 nitrogen and oxygen atoms in total. The second-order valence-electron chi connectivity index (χ2n) is 7.39. The Bertz CT molecular complexity index is 984. The molecule has 1 aliphatic rings. The summed E-state index contributed by atoms with van der Waals surface area (Å²) in [6.45, 7) is 1.78. The number of likely N-dealkylation sites (tertiary alicyclic amines) is 1. The normalized spacial score (nSPS) is 18.1. The zero-order valence-electron chi connectivity index (χ0n) is 16.3. The van der Waals surface area contributed by atoms with Gasteiger partial charge in [-0.15, -0.1) is 11.3 Å². The number of benzene rings is 1. The van der Waals surface area contributed by atoms with Gasteiger partial charge in [-0.05, 0) is 43.5 Å². The number of hydrogen-bond donors (Lipinski definition) is 1. The van der Waals surface area contributed by atoms with E-state index in [1.807, 2.05) is 5.38 Å². The highest BCUT2D eigenvalue weighted by Gasteiger charge is 2.32. The number of nitrogens with one attached hydrogen (secondary N) is 1. The molecular formula is C22H22F2N4OS. The van der Waals surface area contributed by atoms with E-state index in [2.05, 4.69) is 20.2 Å². The Morgan fingerprint density at radius 1 is 1.20 bits per heavy atom. The average Bonchev–Trinajstić information content (AvgIpc) is 3.30. The molecule has 3 aromatic rings. The summed E-state index contributed by atoms with van der Waals surface area (Å²) >= 11 is 1.50. The molecule has 1 amide bonds. The predicted octanol–water partition coefficient (Wildman–Crippen LogP) is 4.20. The molecule has 1 aromatic carbocycles. The van der Waals surface area contributed by atoms with Crippen LogP contribution in [0.15, 0.2) is 54.2 Å². The van der Waals surface area contributed by atoms with Crippen molar-refractivity contribution < 1.29 is 13.6 Å². The minimum Gasteiger partial charge on any atom is -0.341 e. The summed E-state index contributed by atoms with van der Waals surface area (Å²) in [7, 11) is 0. The quantitative estimate of drug-likeness (QED) is 0.639. The molecule has 0 unspecified atom stereocenters. The van der Waals surface area contributed by atoms with Crippen molar-refractivity contribution in [3.63, 3.8) is 0 Å². The zero-order valence-corrected chi connectivity index (χ0v) is 17.1. The van der Waals surface area contributed by atoms with Gasteiger partial charge >= 0.3 is 0 Å². The molecule has 8 heteroatoms. The van der Waals surface area contributed by atoms with Gasteiger partial charge in [0.25, 0.3) is 5.91 Å². The number of carbonyl (C=O) groups excluding carboxylic acids is 1. The number of hydrogen-bond acceptors (Lipinski definition) is 5. The van der Waals surface area contributed by atoms with Gasteiger partial charge in [-0.1, -0.05) is 18.2 Å². The molecule has 2 aromatic heterocycles. The lowest BCUT2D eigenvalue weighted by Crippen LogP contribution is -2.43. The molecule has 0 aliphatic carbocycles. The van der Waals surface area contributed by atoms with Gasteiger partial charge in [0.15, 0.2) is 11.6 Å². The van der Waals surface area contributed by atoms with Crippen molar-refractivity contribution in [1.29, 1.82) is 0 Å². The van der Waals surface area contributed by atoms with Crippen LogP contribution in [0.5, 0.6) is 0 Å². The van der Waals surface area contributed by atoms with Gasteiger partial charge in [0.2, 0.25) is 0 Å². The minimum atomic E-state index is -0.829. The van der Waals surface area contributed by atoms with Gasteiger partial charge in [-0.3, -0.25) is 14.7 Å². The first-order valence-corrected chi connectivity index (χ1v) is 10.8. The minimum absolute atomic E-state index is 0.106. The smallest absolute Gasteiger partial charge is 0.270 e. The zero-order chi connectivity index (χ0) is 20.9. The van der Waals surface area contributed by atoms with Crippen molar-refractivity contribution >= 4 is 17.2 Å². The van der Waals surface area contributed by atoms with E-state index in [-0.39, 0.29) is 17.9 Å². The van der Waals surface area contributed by atoms with Crippen LogP contribution in [0.1, 0.15) is 39.9 Å². The van der Waals surface area contributed by atoms with Crippen LogP contribution in [0.4, 0.5) is 8.78 Å². The first-order chi connectivity index (χ1) is 14.6. The highest BCUT2D eigenvalue weighted by atomic mass is 32.1. The van der Waals surface area contributed by atoms with Gasteiger partial charge < -0.3 is 5.32 Å². The number of pyridine rings is 1. The molecule has 1 N–H and O–H groups in total. The molecule has 0 spiro atoms. The lowest BCUT2D eigenvalue weighted by atomic mass is 9.90. The number of piperidine rings is 1. The molecule has 0 saturated carbocycles. The molecule has 1 saturated heterocycles. The molecule has 0 radical (unpaired) electrons. The van der Waals surface area contributed by atoms with Crippen LogP contribution in [0.3, 0.4) is 0 Å². The van der Waals surface area contributed by atoms with E-state index >= 15 is 0 Å². The third-order valence-electron chi connectivity index (χ3n) is 5.34. The third kappa shape index (κ3) is 4.71. The Hall–Kier alpha value is -2.71. The van der Waals surface area contributed by atoms with E-state index in [0.717, 1.165) is 30.5 Å². The highest BCUT2D eigenvalue weighted by Crippen LogP contribution is 2.32. The standard InChI is InChI=1S/C22H22F2N4OS/c23-17-7-3-5-15(19(17)24)13-28-11-4-6-16(14-28)20(22-26-10-12-30-22)27-21(29)18-8-1-2-9-25-18/h1-3,5,7-10,12,16,20H,4,6,11,13-14H2,(H,27,29)/t16-,20-/m0/s1. The first kappa shape index (κ1) is 20.6. The lowest BCUT2D eigenvalue weighted by molar-refractivity contribution is 0.0872. The number of rotatable bonds is 6. The van der Waals surface area contributed by atoms with Crippen LogP contribution in [-0.2, 0) is 6.54 Å². The fourth-order valence-corrected chi connectivity index (χ4v) is 4.68. The van der Waals surface area contributed by atoms with E-state index in [1.54, 1.807) is 36.7 Å². The monoisotopic (exact) mass is 428 g/mol. The Labute approximate surface area is 177 Å². The molecule has 30 heavy (non-hydrogen) atoms. The maximum atomic E-state index is 14.1. The first-order valence-electron chi connectivity index (χ1n) is 9.88. The largest absolute Gasteiger partial charge is 0.341 e. The van der Waals surface area contributed by atoms with Gasteiger partial charge in [0.05, 0.1) is 6.04 Å². The number of nitrogens with zero attached hydrogens (tertiary/aromatic N) is 3. The number of carbonyl (C=O) groups is 1. The second-order valence-corrected chi connectivity index (χ2v) is 8.31. The summed E-state index contributed by atoms with van der Waals surface area (Å²) in [6.07, 6.45) is 5.13. The lowest BCUT2D eigenvalue weighted by Gasteiger charge is -2.36. The van der Waals surface area contributed by atoms with Crippen LogP contribution < -0.4 is 5.32 Å². The topological polar surface area (TPSA) is 58.1 Å². The highest BCUT2D eigenvalue weighted by molar-refractivity contribution is 7.09. The molecule has 3 heterocycles. The van der Waals surface area contributed by atoms with Crippen molar-refractivity contribution in [3.8, 4) is 0 Å². The third-order valence-corrected chi connectivity index (χ3v) is 6.20. The SMILES string of the molecule is O=C(N[C@H](c1nccs1)[C@H]1CCCN(Cc2cccc(F)c2F)C1)c1ccccn1. The summed E-state index contributed by atoms with van der Waals surface area (Å²) in [5, 5.41) is 5.82. The molecule has 2 atom stereocenters. The summed E-state index contributed by atoms with van der Waals surface area (Å²) < 4.78 is 27.7. The van der Waals surface area contributed by atoms with E-state index < -0.39 is 11.6 Å². The molecule has 0 bridgehead atoms. The number of aromatic nitrogens is 2. The Kier molecular flexibility index (Phi) is 6.44. The van der Waals surface area contributed by atoms with Gasteiger partial charge in [-0.2, -0.15) is 0 Å². The van der Waals surface area contributed by atoms with Gasteiger partial charge in [0, 0.05) is 36.4 Å². The summed E-state index contributed by atoms with van der Waals surface area (Å²) in [6, 6.07) is 9.22. The summed E-state index contributed by atoms with van der Waals surface area (Å²) in [5.74, 6) is -1.76. The molecular weight excluding hydrogens is 406 g/mol. The Morgan fingerprint density at radius 3 is 2.87 bits per heavy atom. The number of amides is 1. The van der Waals surface area contributed by atoms with Crippen molar-refractivity contribution in [2.24, 2.45) is 5.92 Å². The van der Waals surface area contributed by atoms with E-state index in [0.29, 0.717) is 24.3 Å². The average molecular weight is 429 g/mol. The fraction of sp³-hybridized carbons (Fsp3) is 0.318.